The van der Waals surface area contributed by atoms with Gasteiger partial charge in [-0.15, -0.1) is 0 Å². The van der Waals surface area contributed by atoms with Crippen molar-refractivity contribution >= 4 is 5.91 Å². The average molecular weight is 584 g/mol. The predicted molar refractivity (Wildman–Crippen MR) is 144 cm³/mol. The maximum Gasteiger partial charge on any atom is 0.416 e. The fourth-order valence-electron chi connectivity index (χ4n) is 5.21. The third kappa shape index (κ3) is 8.33. The highest BCUT2D eigenvalue weighted by Crippen LogP contribution is 2.37. The molecule has 0 aromatic heterocycles. The number of piperazine rings is 1. The summed E-state index contributed by atoms with van der Waals surface area (Å²) in [6.07, 6.45) is -5.49. The molecule has 2 fully saturated rings. The number of aryl methyl sites for hydroxylation is 2. The molecule has 0 bridgehead atoms. The molecule has 5 nitrogen and oxygen atoms in total. The van der Waals surface area contributed by atoms with Gasteiger partial charge in [-0.1, -0.05) is 30.4 Å². The van der Waals surface area contributed by atoms with Gasteiger partial charge >= 0.3 is 12.4 Å². The normalized spacial score (nSPS) is 19.7. The van der Waals surface area contributed by atoms with Crippen molar-refractivity contribution in [3.05, 3.63) is 81.9 Å². The van der Waals surface area contributed by atoms with Crippen LogP contribution >= 0.6 is 0 Å². The van der Waals surface area contributed by atoms with Crippen molar-refractivity contribution in [2.24, 2.45) is 0 Å². The average Bonchev–Trinajstić information content (AvgIpc) is 2.92. The van der Waals surface area contributed by atoms with Gasteiger partial charge in [0.15, 0.2) is 0 Å². The maximum atomic E-state index is 13.6. The third-order valence-corrected chi connectivity index (χ3v) is 7.70. The number of hydrogen-bond acceptors (Lipinski definition) is 4. The summed E-state index contributed by atoms with van der Waals surface area (Å²) in [6.45, 7) is 9.59. The maximum absolute atomic E-state index is 13.6. The lowest BCUT2D eigenvalue weighted by Gasteiger charge is -2.41. The molecule has 0 aliphatic carbocycles. The van der Waals surface area contributed by atoms with Crippen LogP contribution in [-0.4, -0.2) is 85.7 Å². The van der Waals surface area contributed by atoms with Crippen molar-refractivity contribution in [3.63, 3.8) is 0 Å². The van der Waals surface area contributed by atoms with E-state index in [1.54, 1.807) is 0 Å². The van der Waals surface area contributed by atoms with Crippen molar-refractivity contribution < 1.29 is 35.9 Å². The van der Waals surface area contributed by atoms with Gasteiger partial charge in [0, 0.05) is 57.4 Å². The second kappa shape index (κ2) is 13.0. The minimum absolute atomic E-state index is 0.0462. The highest BCUT2D eigenvalue weighted by Gasteiger charge is 2.39. The zero-order chi connectivity index (χ0) is 29.8. The van der Waals surface area contributed by atoms with E-state index in [0.717, 1.165) is 36.3 Å². The number of amides is 1. The number of nitrogens with zero attached hydrogens (tertiary/aromatic N) is 3. The Labute approximate surface area is 236 Å². The van der Waals surface area contributed by atoms with Crippen LogP contribution in [0.2, 0.25) is 0 Å². The summed E-state index contributed by atoms with van der Waals surface area (Å²) in [7, 11) is 0. The predicted octanol–water partition coefficient (Wildman–Crippen LogP) is 5.60. The van der Waals surface area contributed by atoms with Gasteiger partial charge < -0.3 is 9.64 Å². The zero-order valence-corrected chi connectivity index (χ0v) is 23.2. The Bertz CT molecular complexity index is 1210. The molecule has 224 valence electrons. The van der Waals surface area contributed by atoms with Gasteiger partial charge in [-0.2, -0.15) is 26.3 Å². The van der Waals surface area contributed by atoms with E-state index in [2.05, 4.69) is 22.0 Å². The van der Waals surface area contributed by atoms with Gasteiger partial charge in [0.25, 0.3) is 5.91 Å². The first-order valence-electron chi connectivity index (χ1n) is 13.7. The van der Waals surface area contributed by atoms with E-state index < -0.39 is 41.0 Å². The molecule has 2 aromatic rings. The van der Waals surface area contributed by atoms with Crippen molar-refractivity contribution in [2.45, 2.75) is 38.7 Å². The Hall–Kier alpha value is -2.89. The summed E-state index contributed by atoms with van der Waals surface area (Å²) in [4.78, 5) is 19.4. The minimum atomic E-state index is -5.03. The number of carbonyl (C=O) groups is 1. The van der Waals surface area contributed by atoms with Crippen LogP contribution in [0.25, 0.3) is 0 Å². The Balaban J connectivity index is 1.55. The number of benzene rings is 2. The minimum Gasteiger partial charge on any atom is -0.379 e. The monoisotopic (exact) mass is 583 g/mol. The number of hydrogen-bond donors (Lipinski definition) is 0. The molecule has 2 aromatic carbocycles. The molecule has 1 amide bonds. The van der Waals surface area contributed by atoms with E-state index in [1.807, 2.05) is 32.0 Å². The Morgan fingerprint density at radius 3 is 2.02 bits per heavy atom. The Kier molecular flexibility index (Phi) is 9.81. The molecule has 2 heterocycles. The molecule has 0 N–H and O–H groups in total. The van der Waals surface area contributed by atoms with Crippen molar-refractivity contribution in [2.75, 3.05) is 59.0 Å². The summed E-state index contributed by atoms with van der Waals surface area (Å²) in [6, 6.07) is 6.56. The molecule has 0 saturated carbocycles. The first kappa shape index (κ1) is 31.1. The smallest absolute Gasteiger partial charge is 0.379 e. The number of morpholine rings is 1. The van der Waals surface area contributed by atoms with E-state index in [-0.39, 0.29) is 12.6 Å². The molecule has 2 aliphatic heterocycles. The molecular weight excluding hydrogens is 548 g/mol. The van der Waals surface area contributed by atoms with Crippen LogP contribution in [0.3, 0.4) is 0 Å². The van der Waals surface area contributed by atoms with Gasteiger partial charge in [-0.05, 0) is 55.2 Å². The molecule has 41 heavy (non-hydrogen) atoms. The van der Waals surface area contributed by atoms with Crippen LogP contribution in [0.15, 0.2) is 48.6 Å². The summed E-state index contributed by atoms with van der Waals surface area (Å²) in [5.41, 5.74) is -0.500. The number of halogens is 6. The molecule has 0 spiro atoms. The lowest BCUT2D eigenvalue weighted by atomic mass is 9.97. The summed E-state index contributed by atoms with van der Waals surface area (Å²) >= 11 is 0. The third-order valence-electron chi connectivity index (χ3n) is 7.70. The molecule has 2 saturated heterocycles. The van der Waals surface area contributed by atoms with Gasteiger partial charge in [-0.3, -0.25) is 14.6 Å². The lowest BCUT2D eigenvalue weighted by molar-refractivity contribution is -0.143. The van der Waals surface area contributed by atoms with Gasteiger partial charge in [0.2, 0.25) is 0 Å². The number of rotatable bonds is 7. The molecule has 0 radical (unpaired) electrons. The summed E-state index contributed by atoms with van der Waals surface area (Å²) in [5.74, 6) is -0.835. The van der Waals surface area contributed by atoms with Crippen LogP contribution in [0.4, 0.5) is 26.3 Å². The van der Waals surface area contributed by atoms with Crippen molar-refractivity contribution in [1.29, 1.82) is 0 Å². The van der Waals surface area contributed by atoms with Gasteiger partial charge in [0.1, 0.15) is 0 Å². The highest BCUT2D eigenvalue weighted by molar-refractivity contribution is 5.95. The molecule has 2 aliphatic rings. The highest BCUT2D eigenvalue weighted by atomic mass is 19.4. The van der Waals surface area contributed by atoms with Crippen molar-refractivity contribution in [1.82, 2.24) is 14.7 Å². The van der Waals surface area contributed by atoms with Crippen LogP contribution < -0.4 is 0 Å². The zero-order valence-electron chi connectivity index (χ0n) is 23.2. The number of alkyl halides is 6. The van der Waals surface area contributed by atoms with E-state index in [1.165, 1.54) is 4.90 Å². The van der Waals surface area contributed by atoms with Crippen LogP contribution in [0.5, 0.6) is 0 Å². The standard InChI is InChI=1S/C30H35F6N3O2/c1-21-5-6-23(15-22(21)2)16-27-20-38(8-4-3-7-37-11-13-41-14-12-37)9-10-39(27)28(40)24-17-25(29(31,32)33)19-26(18-24)30(34,35)36/h3-6,15,17-19,27H,7-14,16,20H2,1-2H3/b4-3+/t27-/m1/s1. The van der Waals surface area contributed by atoms with Crippen LogP contribution in [0.1, 0.15) is 38.2 Å². The number of carbonyl (C=O) groups excluding carboxylic acids is 1. The second-order valence-electron chi connectivity index (χ2n) is 10.7. The molecule has 4 rings (SSSR count). The van der Waals surface area contributed by atoms with Gasteiger partial charge in [-0.25, -0.2) is 0 Å². The molecule has 0 unspecified atom stereocenters. The van der Waals surface area contributed by atoms with E-state index in [0.29, 0.717) is 51.4 Å². The SMILES string of the molecule is Cc1ccc(C[C@@H]2CN(C/C=C/CN3CCOCC3)CCN2C(=O)c2cc(C(F)(F)F)cc(C(F)(F)F)c2)cc1C. The van der Waals surface area contributed by atoms with Crippen molar-refractivity contribution in [3.8, 4) is 0 Å². The second-order valence-corrected chi connectivity index (χ2v) is 10.7. The first-order chi connectivity index (χ1) is 19.3. The topological polar surface area (TPSA) is 36.0 Å². The van der Waals surface area contributed by atoms with E-state index >= 15 is 0 Å². The Morgan fingerprint density at radius 2 is 1.44 bits per heavy atom. The quantitative estimate of drug-likeness (QED) is 0.314. The fourth-order valence-corrected chi connectivity index (χ4v) is 5.21. The van der Waals surface area contributed by atoms with E-state index in [4.69, 9.17) is 4.74 Å². The first-order valence-corrected chi connectivity index (χ1v) is 13.7. The number of ether oxygens (including phenoxy) is 1. The molecule has 11 heteroatoms. The summed E-state index contributed by atoms with van der Waals surface area (Å²) in [5, 5.41) is 0. The molecular formula is C30H35F6N3O2. The Morgan fingerprint density at radius 1 is 0.829 bits per heavy atom. The molecule has 1 atom stereocenters. The fraction of sp³-hybridized carbons (Fsp3) is 0.500. The largest absolute Gasteiger partial charge is 0.416 e. The van der Waals surface area contributed by atoms with Crippen LogP contribution in [0, 0.1) is 13.8 Å². The van der Waals surface area contributed by atoms with E-state index in [9.17, 15) is 31.1 Å². The lowest BCUT2D eigenvalue weighted by Crippen LogP contribution is -2.56. The van der Waals surface area contributed by atoms with Gasteiger partial charge in [0.05, 0.1) is 24.3 Å². The van der Waals surface area contributed by atoms with Crippen LogP contribution in [-0.2, 0) is 23.5 Å². The summed E-state index contributed by atoms with van der Waals surface area (Å²) < 4.78 is 86.2.